The van der Waals surface area contributed by atoms with Crippen molar-refractivity contribution in [3.05, 3.63) is 0 Å². The normalized spacial score (nSPS) is 23.1. The number of nitrogens with zero attached hydrogens (tertiary/aromatic N) is 1. The smallest absolute Gasteiger partial charge is 0.303 e. The summed E-state index contributed by atoms with van der Waals surface area (Å²) in [5.41, 5.74) is 0. The zero-order valence-electron chi connectivity index (χ0n) is 8.85. The van der Waals surface area contributed by atoms with Gasteiger partial charge >= 0.3 is 5.97 Å². The van der Waals surface area contributed by atoms with Gasteiger partial charge in [-0.05, 0) is 18.9 Å². The van der Waals surface area contributed by atoms with Crippen LogP contribution in [0.1, 0.15) is 12.8 Å². The van der Waals surface area contributed by atoms with Gasteiger partial charge in [-0.1, -0.05) is 0 Å². The largest absolute Gasteiger partial charge is 0.481 e. The molecule has 0 aliphatic carbocycles. The second-order valence-corrected chi connectivity index (χ2v) is 6.44. The number of carboxylic acids is 1. The first-order chi connectivity index (χ1) is 6.87. The standard InChI is InChI=1S/C9H17NO4S/c1-15(13,14)5-4-10-3-2-8(7-10)6-9(11)12/h8H,2-7H2,1H3,(H,11,12). The molecule has 0 radical (unpaired) electrons. The number of carboxylic acid groups (broad SMARTS) is 1. The molecule has 0 aromatic rings. The Morgan fingerprint density at radius 3 is 2.73 bits per heavy atom. The van der Waals surface area contributed by atoms with Crippen molar-refractivity contribution in [2.75, 3.05) is 31.6 Å². The Bertz CT molecular complexity index is 325. The molecular formula is C9H17NO4S. The topological polar surface area (TPSA) is 74.7 Å². The molecule has 1 atom stereocenters. The van der Waals surface area contributed by atoms with Crippen molar-refractivity contribution in [1.82, 2.24) is 4.90 Å². The lowest BCUT2D eigenvalue weighted by molar-refractivity contribution is -0.138. The highest BCUT2D eigenvalue weighted by atomic mass is 32.2. The fourth-order valence-electron chi connectivity index (χ4n) is 1.82. The van der Waals surface area contributed by atoms with Gasteiger partial charge in [0.15, 0.2) is 0 Å². The van der Waals surface area contributed by atoms with E-state index in [1.807, 2.05) is 4.90 Å². The zero-order valence-corrected chi connectivity index (χ0v) is 9.66. The summed E-state index contributed by atoms with van der Waals surface area (Å²) in [5.74, 6) is -0.431. The number of hydrogen-bond acceptors (Lipinski definition) is 4. The molecule has 1 heterocycles. The monoisotopic (exact) mass is 235 g/mol. The van der Waals surface area contributed by atoms with Gasteiger partial charge in [0.25, 0.3) is 0 Å². The van der Waals surface area contributed by atoms with Crippen LogP contribution in [0.15, 0.2) is 0 Å². The Balaban J connectivity index is 2.28. The molecule has 5 nitrogen and oxygen atoms in total. The lowest BCUT2D eigenvalue weighted by Gasteiger charge is -2.14. The van der Waals surface area contributed by atoms with Crippen LogP contribution in [0.2, 0.25) is 0 Å². The van der Waals surface area contributed by atoms with Crippen LogP contribution in [0.5, 0.6) is 0 Å². The highest BCUT2D eigenvalue weighted by Gasteiger charge is 2.24. The highest BCUT2D eigenvalue weighted by Crippen LogP contribution is 2.19. The second kappa shape index (κ2) is 4.94. The molecule has 1 aliphatic heterocycles. The van der Waals surface area contributed by atoms with Crippen molar-refractivity contribution in [3.8, 4) is 0 Å². The van der Waals surface area contributed by atoms with Gasteiger partial charge in [0, 0.05) is 25.8 Å². The number of aliphatic carboxylic acids is 1. The molecule has 0 saturated carbocycles. The molecule has 0 amide bonds. The summed E-state index contributed by atoms with van der Waals surface area (Å²) in [4.78, 5) is 12.5. The summed E-state index contributed by atoms with van der Waals surface area (Å²) in [6, 6.07) is 0. The van der Waals surface area contributed by atoms with Crippen molar-refractivity contribution in [2.24, 2.45) is 5.92 Å². The first-order valence-corrected chi connectivity index (χ1v) is 7.05. The molecule has 1 saturated heterocycles. The molecule has 1 aliphatic rings. The van der Waals surface area contributed by atoms with Crippen LogP contribution in [0, 0.1) is 5.92 Å². The lowest BCUT2D eigenvalue weighted by atomic mass is 10.1. The maximum Gasteiger partial charge on any atom is 0.303 e. The minimum atomic E-state index is -2.91. The van der Waals surface area contributed by atoms with Crippen molar-refractivity contribution in [1.29, 1.82) is 0 Å². The summed E-state index contributed by atoms with van der Waals surface area (Å²) in [5, 5.41) is 8.60. The highest BCUT2D eigenvalue weighted by molar-refractivity contribution is 7.90. The van der Waals surface area contributed by atoms with Crippen molar-refractivity contribution < 1.29 is 18.3 Å². The van der Waals surface area contributed by atoms with E-state index in [-0.39, 0.29) is 18.1 Å². The molecule has 0 bridgehead atoms. The van der Waals surface area contributed by atoms with Crippen molar-refractivity contribution in [3.63, 3.8) is 0 Å². The summed E-state index contributed by atoms with van der Waals surface area (Å²) in [6.45, 7) is 2.05. The van der Waals surface area contributed by atoms with E-state index >= 15 is 0 Å². The van der Waals surface area contributed by atoms with E-state index in [0.717, 1.165) is 13.0 Å². The second-order valence-electron chi connectivity index (χ2n) is 4.18. The number of sulfone groups is 1. The van der Waals surface area contributed by atoms with Crippen LogP contribution in [0.3, 0.4) is 0 Å². The zero-order chi connectivity index (χ0) is 11.5. The first-order valence-electron chi connectivity index (χ1n) is 4.98. The Hall–Kier alpha value is -0.620. The lowest BCUT2D eigenvalue weighted by Crippen LogP contribution is -2.27. The maximum atomic E-state index is 10.9. The summed E-state index contributed by atoms with van der Waals surface area (Å²) < 4.78 is 21.9. The van der Waals surface area contributed by atoms with Crippen molar-refractivity contribution >= 4 is 15.8 Å². The van der Waals surface area contributed by atoms with E-state index in [1.165, 1.54) is 6.26 Å². The van der Waals surface area contributed by atoms with Crippen LogP contribution in [-0.2, 0) is 14.6 Å². The molecule has 1 N–H and O–H groups in total. The van der Waals surface area contributed by atoms with Gasteiger partial charge in [-0.25, -0.2) is 8.42 Å². The van der Waals surface area contributed by atoms with Crippen molar-refractivity contribution in [2.45, 2.75) is 12.8 Å². The minimum Gasteiger partial charge on any atom is -0.481 e. The number of rotatable bonds is 5. The van der Waals surface area contributed by atoms with Gasteiger partial charge in [-0.3, -0.25) is 4.79 Å². The fraction of sp³-hybridized carbons (Fsp3) is 0.889. The number of carbonyl (C=O) groups is 1. The molecule has 0 aromatic heterocycles. The predicted octanol–water partition coefficient (Wildman–Crippen LogP) is -0.172. The SMILES string of the molecule is CS(=O)(=O)CCN1CCC(CC(=O)O)C1. The van der Waals surface area contributed by atoms with Crippen LogP contribution < -0.4 is 0 Å². The van der Waals surface area contributed by atoms with Gasteiger partial charge in [-0.15, -0.1) is 0 Å². The summed E-state index contributed by atoms with van der Waals surface area (Å²) in [7, 11) is -2.91. The van der Waals surface area contributed by atoms with Crippen LogP contribution in [0.4, 0.5) is 0 Å². The van der Waals surface area contributed by atoms with E-state index in [0.29, 0.717) is 13.1 Å². The predicted molar refractivity (Wildman–Crippen MR) is 56.5 cm³/mol. The van der Waals surface area contributed by atoms with E-state index in [4.69, 9.17) is 5.11 Å². The Kier molecular flexibility index (Phi) is 4.10. The molecule has 1 rings (SSSR count). The molecule has 0 spiro atoms. The molecule has 6 heteroatoms. The summed E-state index contributed by atoms with van der Waals surface area (Å²) >= 11 is 0. The third-order valence-electron chi connectivity index (χ3n) is 2.61. The van der Waals surface area contributed by atoms with Gasteiger partial charge in [0.1, 0.15) is 9.84 Å². The summed E-state index contributed by atoms with van der Waals surface area (Å²) in [6.07, 6.45) is 2.27. The van der Waals surface area contributed by atoms with Gasteiger partial charge in [-0.2, -0.15) is 0 Å². The van der Waals surface area contributed by atoms with E-state index in [1.54, 1.807) is 0 Å². The van der Waals surface area contributed by atoms with Crippen LogP contribution in [0.25, 0.3) is 0 Å². The van der Waals surface area contributed by atoms with Gasteiger partial charge in [0.05, 0.1) is 5.75 Å². The average molecular weight is 235 g/mol. The van der Waals surface area contributed by atoms with E-state index < -0.39 is 15.8 Å². The van der Waals surface area contributed by atoms with Gasteiger partial charge < -0.3 is 10.0 Å². The third-order valence-corrected chi connectivity index (χ3v) is 3.54. The molecule has 0 aromatic carbocycles. The Morgan fingerprint density at radius 1 is 1.53 bits per heavy atom. The number of likely N-dealkylation sites (tertiary alicyclic amines) is 1. The number of hydrogen-bond donors (Lipinski definition) is 1. The minimum absolute atomic E-state index is 0.160. The Labute approximate surface area is 90.0 Å². The van der Waals surface area contributed by atoms with Gasteiger partial charge in [0.2, 0.25) is 0 Å². The fourth-order valence-corrected chi connectivity index (χ4v) is 2.41. The molecule has 1 unspecified atom stereocenters. The molecular weight excluding hydrogens is 218 g/mol. The first kappa shape index (κ1) is 12.4. The van der Waals surface area contributed by atoms with Crippen LogP contribution in [-0.4, -0.2) is 56.0 Å². The average Bonchev–Trinajstić information content (AvgIpc) is 2.46. The third kappa shape index (κ3) is 5.13. The van der Waals surface area contributed by atoms with Crippen LogP contribution >= 0.6 is 0 Å². The molecule has 1 fully saturated rings. The Morgan fingerprint density at radius 2 is 2.20 bits per heavy atom. The van der Waals surface area contributed by atoms with E-state index in [2.05, 4.69) is 0 Å². The molecule has 15 heavy (non-hydrogen) atoms. The van der Waals surface area contributed by atoms with E-state index in [9.17, 15) is 13.2 Å². The maximum absolute atomic E-state index is 10.9. The molecule has 88 valence electrons. The quantitative estimate of drug-likeness (QED) is 0.716.